The average molecular weight is 422 g/mol. The molecule has 128 valence electrons. The molecule has 3 rings (SSSR count). The molecule has 2 aromatic carbocycles. The highest BCUT2D eigenvalue weighted by Crippen LogP contribution is 2.32. The van der Waals surface area contributed by atoms with E-state index < -0.39 is 11.8 Å². The van der Waals surface area contributed by atoms with Crippen molar-refractivity contribution in [3.63, 3.8) is 0 Å². The van der Waals surface area contributed by atoms with Crippen molar-refractivity contribution in [2.24, 2.45) is 0 Å². The van der Waals surface area contributed by atoms with Gasteiger partial charge in [-0.15, -0.1) is 11.3 Å². The Morgan fingerprint density at radius 2 is 2.08 bits per heavy atom. The van der Waals surface area contributed by atoms with Crippen molar-refractivity contribution in [3.8, 4) is 16.3 Å². The average Bonchev–Trinajstić information content (AvgIpc) is 3.10. The maximum Gasteiger partial charge on any atom is 0.339 e. The quantitative estimate of drug-likeness (QED) is 0.539. The van der Waals surface area contributed by atoms with Crippen LogP contribution in [0.5, 0.6) is 5.75 Å². The van der Waals surface area contributed by atoms with Crippen LogP contribution in [-0.4, -0.2) is 18.1 Å². The van der Waals surface area contributed by atoms with Crippen LogP contribution in [0, 0.1) is 5.82 Å². The third-order valence-corrected chi connectivity index (χ3v) is 5.00. The standard InChI is InChI=1S/C18H13BrFNO3S/c1-23-16-5-3-2-4-13(16)17-21-12(10-25-17)9-24-18(22)14-8-11(20)6-7-15(14)19/h2-8,10H,9H2,1H3. The van der Waals surface area contributed by atoms with Gasteiger partial charge in [-0.25, -0.2) is 14.2 Å². The number of carbonyl (C=O) groups excluding carboxylic acids is 1. The minimum absolute atomic E-state index is 0.00738. The molecule has 0 aliphatic carbocycles. The van der Waals surface area contributed by atoms with Gasteiger partial charge in [0.25, 0.3) is 0 Å². The molecule has 0 aliphatic heterocycles. The highest BCUT2D eigenvalue weighted by molar-refractivity contribution is 9.10. The molecule has 0 amide bonds. The number of ether oxygens (including phenoxy) is 2. The molecule has 0 bridgehead atoms. The first-order valence-corrected chi connectivity index (χ1v) is 8.95. The van der Waals surface area contributed by atoms with Crippen molar-refractivity contribution < 1.29 is 18.7 Å². The maximum atomic E-state index is 13.3. The predicted molar refractivity (Wildman–Crippen MR) is 97.3 cm³/mol. The Balaban J connectivity index is 1.72. The number of methoxy groups -OCH3 is 1. The van der Waals surface area contributed by atoms with Gasteiger partial charge in [0.15, 0.2) is 0 Å². The molecule has 4 nitrogen and oxygen atoms in total. The molecule has 0 radical (unpaired) electrons. The highest BCUT2D eigenvalue weighted by Gasteiger charge is 2.15. The molecule has 0 unspecified atom stereocenters. The second-order valence-corrected chi connectivity index (χ2v) is 6.76. The van der Waals surface area contributed by atoms with Gasteiger partial charge in [0.2, 0.25) is 0 Å². The molecule has 0 N–H and O–H groups in total. The lowest BCUT2D eigenvalue weighted by molar-refractivity contribution is 0.0467. The molecule has 25 heavy (non-hydrogen) atoms. The first kappa shape index (κ1) is 17.6. The summed E-state index contributed by atoms with van der Waals surface area (Å²) in [6, 6.07) is 11.4. The van der Waals surface area contributed by atoms with Crippen LogP contribution in [0.1, 0.15) is 16.1 Å². The number of thiazole rings is 1. The number of para-hydroxylation sites is 1. The number of hydrogen-bond donors (Lipinski definition) is 0. The minimum atomic E-state index is -0.613. The third-order valence-electron chi connectivity index (χ3n) is 3.39. The molecule has 0 saturated heterocycles. The van der Waals surface area contributed by atoms with Gasteiger partial charge in [-0.05, 0) is 46.3 Å². The van der Waals surface area contributed by atoms with Gasteiger partial charge >= 0.3 is 5.97 Å². The number of carbonyl (C=O) groups is 1. The van der Waals surface area contributed by atoms with Crippen LogP contribution in [0.15, 0.2) is 52.3 Å². The van der Waals surface area contributed by atoms with E-state index in [0.29, 0.717) is 10.2 Å². The van der Waals surface area contributed by atoms with E-state index in [1.165, 1.54) is 23.5 Å². The minimum Gasteiger partial charge on any atom is -0.496 e. The number of nitrogens with zero attached hydrogens (tertiary/aromatic N) is 1. The second-order valence-electron chi connectivity index (χ2n) is 5.04. The van der Waals surface area contributed by atoms with E-state index in [9.17, 15) is 9.18 Å². The van der Waals surface area contributed by atoms with Gasteiger partial charge in [-0.3, -0.25) is 0 Å². The second kappa shape index (κ2) is 7.76. The first-order valence-electron chi connectivity index (χ1n) is 7.28. The highest BCUT2D eigenvalue weighted by atomic mass is 79.9. The van der Waals surface area contributed by atoms with Gasteiger partial charge in [0.1, 0.15) is 23.2 Å². The maximum absolute atomic E-state index is 13.3. The zero-order valence-electron chi connectivity index (χ0n) is 13.2. The summed E-state index contributed by atoms with van der Waals surface area (Å²) >= 11 is 4.65. The van der Waals surface area contributed by atoms with E-state index >= 15 is 0 Å². The lowest BCUT2D eigenvalue weighted by Gasteiger charge is -2.06. The molecule has 0 atom stereocenters. The summed E-state index contributed by atoms with van der Waals surface area (Å²) in [4.78, 5) is 16.6. The third kappa shape index (κ3) is 4.05. The van der Waals surface area contributed by atoms with Gasteiger partial charge in [0.05, 0.1) is 23.9 Å². The van der Waals surface area contributed by atoms with Crippen LogP contribution in [0.25, 0.3) is 10.6 Å². The summed E-state index contributed by atoms with van der Waals surface area (Å²) in [5.74, 6) is -0.385. The number of esters is 1. The Bertz CT molecular complexity index is 913. The van der Waals surface area contributed by atoms with Crippen LogP contribution < -0.4 is 4.74 Å². The summed E-state index contributed by atoms with van der Waals surface area (Å²) in [5, 5.41) is 2.59. The van der Waals surface area contributed by atoms with Crippen molar-refractivity contribution in [1.29, 1.82) is 0 Å². The summed E-state index contributed by atoms with van der Waals surface area (Å²) in [7, 11) is 1.60. The van der Waals surface area contributed by atoms with Crippen LogP contribution in [0.4, 0.5) is 4.39 Å². The van der Waals surface area contributed by atoms with E-state index in [4.69, 9.17) is 9.47 Å². The largest absolute Gasteiger partial charge is 0.496 e. The SMILES string of the molecule is COc1ccccc1-c1nc(COC(=O)c2cc(F)ccc2Br)cs1. The van der Waals surface area contributed by atoms with Crippen molar-refractivity contribution in [3.05, 3.63) is 69.4 Å². The van der Waals surface area contributed by atoms with Crippen molar-refractivity contribution in [1.82, 2.24) is 4.98 Å². The van der Waals surface area contributed by atoms with E-state index in [0.717, 1.165) is 22.4 Å². The summed E-state index contributed by atoms with van der Waals surface area (Å²) in [6.45, 7) is 0.00738. The van der Waals surface area contributed by atoms with Crippen LogP contribution in [-0.2, 0) is 11.3 Å². The molecular weight excluding hydrogens is 409 g/mol. The Morgan fingerprint density at radius 3 is 2.88 bits per heavy atom. The Labute approximate surface area is 156 Å². The van der Waals surface area contributed by atoms with E-state index in [2.05, 4.69) is 20.9 Å². The topological polar surface area (TPSA) is 48.4 Å². The van der Waals surface area contributed by atoms with Gasteiger partial charge < -0.3 is 9.47 Å². The van der Waals surface area contributed by atoms with E-state index in [-0.39, 0.29) is 12.2 Å². The van der Waals surface area contributed by atoms with E-state index in [1.54, 1.807) is 7.11 Å². The van der Waals surface area contributed by atoms with Gasteiger partial charge in [-0.1, -0.05) is 12.1 Å². The fourth-order valence-corrected chi connectivity index (χ4v) is 3.43. The summed E-state index contributed by atoms with van der Waals surface area (Å²) < 4.78 is 24.3. The smallest absolute Gasteiger partial charge is 0.339 e. The molecule has 0 spiro atoms. The number of halogens is 2. The Hall–Kier alpha value is -2.25. The van der Waals surface area contributed by atoms with Crippen LogP contribution >= 0.6 is 27.3 Å². The number of aromatic nitrogens is 1. The summed E-state index contributed by atoms with van der Waals surface area (Å²) in [5.41, 5.74) is 1.63. The predicted octanol–water partition coefficient (Wildman–Crippen LogP) is 5.08. The number of benzene rings is 2. The molecule has 1 heterocycles. The molecular formula is C18H13BrFNO3S. The molecule has 7 heteroatoms. The van der Waals surface area contributed by atoms with Crippen molar-refractivity contribution >= 4 is 33.2 Å². The van der Waals surface area contributed by atoms with Crippen molar-refractivity contribution in [2.75, 3.05) is 7.11 Å². The Morgan fingerprint density at radius 1 is 1.28 bits per heavy atom. The molecule has 0 fully saturated rings. The zero-order valence-corrected chi connectivity index (χ0v) is 15.6. The van der Waals surface area contributed by atoms with Gasteiger partial charge in [0, 0.05) is 9.85 Å². The summed E-state index contributed by atoms with van der Waals surface area (Å²) in [6.07, 6.45) is 0. The van der Waals surface area contributed by atoms with Crippen LogP contribution in [0.3, 0.4) is 0 Å². The first-order chi connectivity index (χ1) is 12.1. The molecule has 0 saturated carbocycles. The molecule has 1 aromatic heterocycles. The monoisotopic (exact) mass is 421 g/mol. The Kier molecular flexibility index (Phi) is 5.45. The van der Waals surface area contributed by atoms with Crippen molar-refractivity contribution in [2.45, 2.75) is 6.61 Å². The van der Waals surface area contributed by atoms with Gasteiger partial charge in [-0.2, -0.15) is 0 Å². The molecule has 3 aromatic rings. The van der Waals surface area contributed by atoms with E-state index in [1.807, 2.05) is 29.6 Å². The van der Waals surface area contributed by atoms with Crippen LogP contribution in [0.2, 0.25) is 0 Å². The normalized spacial score (nSPS) is 10.5. The lowest BCUT2D eigenvalue weighted by Crippen LogP contribution is -2.06. The number of rotatable bonds is 5. The number of hydrogen-bond acceptors (Lipinski definition) is 5. The fraction of sp³-hybridized carbons (Fsp3) is 0.111. The lowest BCUT2D eigenvalue weighted by atomic mass is 10.2. The molecule has 0 aliphatic rings. The zero-order chi connectivity index (χ0) is 17.8. The fourth-order valence-electron chi connectivity index (χ4n) is 2.19.